The van der Waals surface area contributed by atoms with E-state index in [0.29, 0.717) is 11.6 Å². The molecule has 1 aromatic heterocycles. The summed E-state index contributed by atoms with van der Waals surface area (Å²) in [5.74, 6) is 1.01. The predicted molar refractivity (Wildman–Crippen MR) is 68.4 cm³/mol. The molecule has 4 nitrogen and oxygen atoms in total. The molecular weight excluding hydrogens is 338 g/mol. The molecule has 0 aliphatic carbocycles. The van der Waals surface area contributed by atoms with Crippen LogP contribution in [0, 0.1) is 0 Å². The van der Waals surface area contributed by atoms with E-state index in [4.69, 9.17) is 10.5 Å². The molecule has 0 aliphatic rings. The highest BCUT2D eigenvalue weighted by Crippen LogP contribution is 2.30. The number of halogens is 2. The largest absolute Gasteiger partial charge is 0.423 e. The fourth-order valence-electron chi connectivity index (χ4n) is 1.06. The van der Waals surface area contributed by atoms with Crippen LogP contribution in [0.15, 0.2) is 39.4 Å². The van der Waals surface area contributed by atoms with Crippen LogP contribution in [-0.4, -0.2) is 9.97 Å². The number of benzene rings is 1. The minimum Gasteiger partial charge on any atom is -0.423 e. The van der Waals surface area contributed by atoms with Crippen molar-refractivity contribution in [3.05, 3.63) is 39.4 Å². The van der Waals surface area contributed by atoms with Crippen LogP contribution in [0.25, 0.3) is 0 Å². The number of aromatic nitrogens is 2. The van der Waals surface area contributed by atoms with Gasteiger partial charge in [0.2, 0.25) is 0 Å². The Morgan fingerprint density at radius 3 is 2.69 bits per heavy atom. The van der Waals surface area contributed by atoms with Gasteiger partial charge in [-0.3, -0.25) is 0 Å². The third-order valence-corrected chi connectivity index (χ3v) is 2.86. The van der Waals surface area contributed by atoms with Crippen LogP contribution < -0.4 is 10.5 Å². The van der Waals surface area contributed by atoms with E-state index >= 15 is 0 Å². The third-order valence-electron chi connectivity index (χ3n) is 1.75. The van der Waals surface area contributed by atoms with E-state index in [-0.39, 0.29) is 6.01 Å². The Kier molecular flexibility index (Phi) is 3.40. The van der Waals surface area contributed by atoms with Gasteiger partial charge in [0.1, 0.15) is 11.6 Å². The second-order valence-corrected chi connectivity index (χ2v) is 4.71. The van der Waals surface area contributed by atoms with Crippen LogP contribution in [0.5, 0.6) is 11.8 Å². The fourth-order valence-corrected chi connectivity index (χ4v) is 2.19. The predicted octanol–water partition coefficient (Wildman–Crippen LogP) is 3.38. The van der Waals surface area contributed by atoms with Gasteiger partial charge in [0.25, 0.3) is 0 Å². The lowest BCUT2D eigenvalue weighted by atomic mass is 10.3. The lowest BCUT2D eigenvalue weighted by molar-refractivity contribution is 0.440. The second-order valence-electron chi connectivity index (χ2n) is 2.94. The van der Waals surface area contributed by atoms with Gasteiger partial charge in [-0.2, -0.15) is 4.98 Å². The zero-order valence-electron chi connectivity index (χ0n) is 8.02. The Morgan fingerprint density at radius 2 is 2.00 bits per heavy atom. The summed E-state index contributed by atoms with van der Waals surface area (Å²) in [7, 11) is 0. The molecule has 0 unspecified atom stereocenters. The Hall–Kier alpha value is -1.14. The highest BCUT2D eigenvalue weighted by Gasteiger charge is 2.05. The summed E-state index contributed by atoms with van der Waals surface area (Å²) in [6, 6.07) is 7.38. The molecule has 2 N–H and O–H groups in total. The zero-order chi connectivity index (χ0) is 11.5. The maximum absolute atomic E-state index is 5.52. The molecule has 82 valence electrons. The zero-order valence-corrected chi connectivity index (χ0v) is 11.2. The molecule has 0 saturated carbocycles. The topological polar surface area (TPSA) is 61.0 Å². The molecule has 2 rings (SSSR count). The van der Waals surface area contributed by atoms with Crippen LogP contribution in [0.4, 0.5) is 5.82 Å². The summed E-state index contributed by atoms with van der Waals surface area (Å²) >= 11 is 6.74. The molecule has 0 bridgehead atoms. The van der Waals surface area contributed by atoms with E-state index in [1.807, 2.05) is 12.1 Å². The quantitative estimate of drug-likeness (QED) is 0.907. The van der Waals surface area contributed by atoms with Crippen LogP contribution in [0.3, 0.4) is 0 Å². The molecule has 0 saturated heterocycles. The van der Waals surface area contributed by atoms with Crippen LogP contribution in [0.2, 0.25) is 0 Å². The number of nitrogens with two attached hydrogens (primary N) is 1. The second kappa shape index (κ2) is 4.80. The first-order valence-electron chi connectivity index (χ1n) is 4.36. The van der Waals surface area contributed by atoms with Crippen LogP contribution >= 0.6 is 31.9 Å². The summed E-state index contributed by atoms with van der Waals surface area (Å²) in [5.41, 5.74) is 5.52. The average Bonchev–Trinajstić information content (AvgIpc) is 2.22. The Morgan fingerprint density at radius 1 is 1.19 bits per heavy atom. The number of ether oxygens (including phenoxy) is 1. The summed E-state index contributed by atoms with van der Waals surface area (Å²) in [6.45, 7) is 0. The van der Waals surface area contributed by atoms with Gasteiger partial charge in [-0.05, 0) is 40.2 Å². The summed E-state index contributed by atoms with van der Waals surface area (Å²) in [5, 5.41) is 0. The molecule has 6 heteroatoms. The Balaban J connectivity index is 2.27. The van der Waals surface area contributed by atoms with Crippen molar-refractivity contribution in [2.75, 3.05) is 5.73 Å². The van der Waals surface area contributed by atoms with Crippen LogP contribution in [-0.2, 0) is 0 Å². The molecular formula is C10H7Br2N3O. The first-order valence-corrected chi connectivity index (χ1v) is 5.95. The first-order chi connectivity index (χ1) is 7.65. The number of anilines is 1. The van der Waals surface area contributed by atoms with E-state index in [1.165, 1.54) is 0 Å². The maximum atomic E-state index is 5.52. The fraction of sp³-hybridized carbons (Fsp3) is 0. The van der Waals surface area contributed by atoms with Gasteiger partial charge in [0.15, 0.2) is 0 Å². The summed E-state index contributed by atoms with van der Waals surface area (Å²) < 4.78 is 7.25. The lowest BCUT2D eigenvalue weighted by Gasteiger charge is -2.06. The minimum absolute atomic E-state index is 0.225. The lowest BCUT2D eigenvalue weighted by Crippen LogP contribution is -1.95. The van der Waals surface area contributed by atoms with Gasteiger partial charge >= 0.3 is 6.01 Å². The van der Waals surface area contributed by atoms with Gasteiger partial charge in [-0.25, -0.2) is 4.98 Å². The number of nitrogens with zero attached hydrogens (tertiary/aromatic N) is 2. The number of hydrogen-bond donors (Lipinski definition) is 1. The number of rotatable bonds is 2. The molecule has 1 heterocycles. The van der Waals surface area contributed by atoms with Crippen molar-refractivity contribution in [2.24, 2.45) is 0 Å². The average molecular weight is 345 g/mol. The van der Waals surface area contributed by atoms with Gasteiger partial charge in [-0.15, -0.1) is 0 Å². The van der Waals surface area contributed by atoms with Gasteiger partial charge in [-0.1, -0.05) is 15.9 Å². The molecule has 0 atom stereocenters. The van der Waals surface area contributed by atoms with Crippen molar-refractivity contribution in [3.8, 4) is 11.8 Å². The molecule has 0 spiro atoms. The van der Waals surface area contributed by atoms with Crippen molar-refractivity contribution in [1.82, 2.24) is 9.97 Å². The van der Waals surface area contributed by atoms with Crippen molar-refractivity contribution < 1.29 is 4.74 Å². The standard InChI is InChI=1S/C10H7Br2N3O/c11-6-1-2-8(7(12)5-6)16-10-14-4-3-9(13)15-10/h1-5H,(H2,13,14,15). The molecule has 0 amide bonds. The van der Waals surface area contributed by atoms with Crippen molar-refractivity contribution in [1.29, 1.82) is 0 Å². The molecule has 0 aliphatic heterocycles. The first kappa shape index (κ1) is 11.3. The number of hydrogen-bond acceptors (Lipinski definition) is 4. The summed E-state index contributed by atoms with van der Waals surface area (Å²) in [4.78, 5) is 7.90. The van der Waals surface area contributed by atoms with Gasteiger partial charge in [0.05, 0.1) is 4.47 Å². The minimum atomic E-state index is 0.225. The van der Waals surface area contributed by atoms with Crippen molar-refractivity contribution >= 4 is 37.7 Å². The normalized spacial score (nSPS) is 10.1. The number of nitrogen functional groups attached to an aromatic ring is 1. The van der Waals surface area contributed by atoms with Gasteiger partial charge in [0, 0.05) is 10.7 Å². The molecule has 2 aromatic rings. The summed E-state index contributed by atoms with van der Waals surface area (Å²) in [6.07, 6.45) is 1.55. The van der Waals surface area contributed by atoms with E-state index < -0.39 is 0 Å². The third kappa shape index (κ3) is 2.70. The van der Waals surface area contributed by atoms with E-state index in [2.05, 4.69) is 41.8 Å². The van der Waals surface area contributed by atoms with Gasteiger partial charge < -0.3 is 10.5 Å². The molecule has 1 aromatic carbocycles. The molecule has 0 fully saturated rings. The van der Waals surface area contributed by atoms with E-state index in [9.17, 15) is 0 Å². The van der Waals surface area contributed by atoms with Crippen molar-refractivity contribution in [3.63, 3.8) is 0 Å². The highest BCUT2D eigenvalue weighted by molar-refractivity contribution is 9.11. The van der Waals surface area contributed by atoms with Crippen molar-refractivity contribution in [2.45, 2.75) is 0 Å². The van der Waals surface area contributed by atoms with Crippen LogP contribution in [0.1, 0.15) is 0 Å². The van der Waals surface area contributed by atoms with E-state index in [1.54, 1.807) is 18.3 Å². The maximum Gasteiger partial charge on any atom is 0.323 e. The monoisotopic (exact) mass is 343 g/mol. The Labute approximate surface area is 109 Å². The molecule has 0 radical (unpaired) electrons. The highest BCUT2D eigenvalue weighted by atomic mass is 79.9. The SMILES string of the molecule is Nc1ccnc(Oc2ccc(Br)cc2Br)n1. The molecule has 16 heavy (non-hydrogen) atoms. The Bertz CT molecular complexity index is 519. The smallest absolute Gasteiger partial charge is 0.323 e. The van der Waals surface area contributed by atoms with E-state index in [0.717, 1.165) is 8.95 Å².